The van der Waals surface area contributed by atoms with E-state index in [9.17, 15) is 0 Å². The molecule has 0 bridgehead atoms. The third-order valence-electron chi connectivity index (χ3n) is 13.5. The first-order valence-electron chi connectivity index (χ1n) is 21.9. The summed E-state index contributed by atoms with van der Waals surface area (Å²) in [5, 5.41) is 9.70. The lowest BCUT2D eigenvalue weighted by atomic mass is 9.82. The lowest BCUT2D eigenvalue weighted by Crippen LogP contribution is -2.14. The summed E-state index contributed by atoms with van der Waals surface area (Å²) in [5.41, 5.74) is 14.0. The lowest BCUT2D eigenvalue weighted by Gasteiger charge is -2.21. The molecule has 4 nitrogen and oxygen atoms in total. The fourth-order valence-corrected chi connectivity index (χ4v) is 10.3. The van der Waals surface area contributed by atoms with Gasteiger partial charge in [-0.3, -0.25) is 0 Å². The second-order valence-corrected chi connectivity index (χ2v) is 17.6. The Kier molecular flexibility index (Phi) is 7.92. The number of benzene rings is 10. The molecule has 0 radical (unpaired) electrons. The number of hydrogen-bond acceptors (Lipinski definition) is 4. The SMILES string of the molecule is CC1(C)c2ccccc2-c2cc(-c3nc(-c4ccccc4)nc(-c4cccc(-c5cccc6oc7ccc(-c8ccc9ccc%10c%11ccccc%11ccc%10c9c8)cc7c56)c4)n3)ccc21. The summed E-state index contributed by atoms with van der Waals surface area (Å²) in [7, 11) is 0. The van der Waals surface area contributed by atoms with Crippen LogP contribution in [0.1, 0.15) is 25.0 Å². The zero-order valence-corrected chi connectivity index (χ0v) is 35.3. The van der Waals surface area contributed by atoms with E-state index in [0.717, 1.165) is 55.3 Å². The van der Waals surface area contributed by atoms with Crippen molar-refractivity contribution in [2.75, 3.05) is 0 Å². The fraction of sp³-hybridized carbons (Fsp3) is 0.0500. The molecule has 0 amide bonds. The number of aromatic nitrogens is 3. The summed E-state index contributed by atoms with van der Waals surface area (Å²) in [5.74, 6) is 1.90. The van der Waals surface area contributed by atoms with E-state index in [1.807, 2.05) is 18.2 Å². The fourth-order valence-electron chi connectivity index (χ4n) is 10.3. The molecule has 0 spiro atoms. The number of fused-ring (bicyclic) bond motifs is 11. The minimum Gasteiger partial charge on any atom is -0.456 e. The molecule has 0 saturated heterocycles. The first-order valence-corrected chi connectivity index (χ1v) is 21.9. The van der Waals surface area contributed by atoms with Crippen molar-refractivity contribution in [3.8, 4) is 67.5 Å². The topological polar surface area (TPSA) is 51.8 Å². The van der Waals surface area contributed by atoms with Gasteiger partial charge in [0.15, 0.2) is 17.5 Å². The molecule has 0 aliphatic heterocycles. The molecule has 0 fully saturated rings. The van der Waals surface area contributed by atoms with Crippen molar-refractivity contribution in [3.05, 3.63) is 211 Å². The van der Waals surface area contributed by atoms with E-state index in [1.54, 1.807) is 0 Å². The summed E-state index contributed by atoms with van der Waals surface area (Å²) in [6, 6.07) is 71.5. The average Bonchev–Trinajstić information content (AvgIpc) is 3.84. The highest BCUT2D eigenvalue weighted by atomic mass is 16.3. The second kappa shape index (κ2) is 13.9. The van der Waals surface area contributed by atoms with E-state index in [4.69, 9.17) is 19.4 Å². The molecule has 12 aromatic rings. The summed E-state index contributed by atoms with van der Waals surface area (Å²) in [6.45, 7) is 4.61. The lowest BCUT2D eigenvalue weighted by molar-refractivity contribution is 0.660. The Hall–Kier alpha value is -8.21. The maximum atomic E-state index is 6.55. The quantitative estimate of drug-likeness (QED) is 0.162. The first-order chi connectivity index (χ1) is 31.4. The van der Waals surface area contributed by atoms with Crippen LogP contribution in [0.3, 0.4) is 0 Å². The van der Waals surface area contributed by atoms with Gasteiger partial charge in [0.2, 0.25) is 0 Å². The van der Waals surface area contributed by atoms with Gasteiger partial charge in [-0.25, -0.2) is 15.0 Å². The van der Waals surface area contributed by atoms with Crippen molar-refractivity contribution < 1.29 is 4.42 Å². The third kappa shape index (κ3) is 5.66. The van der Waals surface area contributed by atoms with Gasteiger partial charge < -0.3 is 4.42 Å². The van der Waals surface area contributed by atoms with Crippen LogP contribution in [0.4, 0.5) is 0 Å². The molecule has 1 aliphatic carbocycles. The van der Waals surface area contributed by atoms with Crippen LogP contribution in [0, 0.1) is 0 Å². The Morgan fingerprint density at radius 1 is 0.328 bits per heavy atom. The molecule has 2 aromatic heterocycles. The summed E-state index contributed by atoms with van der Waals surface area (Å²) in [6.07, 6.45) is 0. The molecule has 1 aliphatic rings. The van der Waals surface area contributed by atoms with E-state index in [1.165, 1.54) is 60.1 Å². The highest BCUT2D eigenvalue weighted by Crippen LogP contribution is 2.49. The molecule has 13 rings (SSSR count). The van der Waals surface area contributed by atoms with Gasteiger partial charge in [-0.15, -0.1) is 0 Å². The van der Waals surface area contributed by atoms with Crippen molar-refractivity contribution in [1.29, 1.82) is 0 Å². The van der Waals surface area contributed by atoms with Crippen LogP contribution in [-0.4, -0.2) is 15.0 Å². The van der Waals surface area contributed by atoms with Gasteiger partial charge in [-0.1, -0.05) is 178 Å². The van der Waals surface area contributed by atoms with Gasteiger partial charge in [-0.05, 0) is 113 Å². The molecule has 2 heterocycles. The van der Waals surface area contributed by atoms with Gasteiger partial charge in [0.05, 0.1) is 0 Å². The Morgan fingerprint density at radius 2 is 0.906 bits per heavy atom. The van der Waals surface area contributed by atoms with Gasteiger partial charge in [0.25, 0.3) is 0 Å². The molecule has 0 unspecified atom stereocenters. The van der Waals surface area contributed by atoms with Gasteiger partial charge >= 0.3 is 0 Å². The van der Waals surface area contributed by atoms with Crippen LogP contribution in [0.2, 0.25) is 0 Å². The summed E-state index contributed by atoms with van der Waals surface area (Å²) in [4.78, 5) is 15.4. The molecule has 4 heteroatoms. The second-order valence-electron chi connectivity index (χ2n) is 17.6. The summed E-state index contributed by atoms with van der Waals surface area (Å²) >= 11 is 0. The number of nitrogens with zero attached hydrogens (tertiary/aromatic N) is 3. The Bertz CT molecular complexity index is 3880. The smallest absolute Gasteiger partial charge is 0.164 e. The molecule has 0 saturated carbocycles. The molecule has 10 aromatic carbocycles. The van der Waals surface area contributed by atoms with Gasteiger partial charge in [0.1, 0.15) is 11.2 Å². The Labute approximate surface area is 370 Å². The van der Waals surface area contributed by atoms with Crippen molar-refractivity contribution in [2.45, 2.75) is 19.3 Å². The standard InChI is InChI=1S/C60H39N3O/c1-60(2)52-20-9-8-18-48(52)50-35-43(26-30-53(50)60)59-62-57(38-13-4-3-5-14-38)61-58(63-59)42-16-10-15-41(32-42)45-19-11-21-55-56(45)51-34-40(27-31-54(51)64-55)39-23-22-37-25-28-46-44-17-7-6-12-36(44)24-29-47(46)49(37)33-39/h3-35H,1-2H3. The van der Waals surface area contributed by atoms with Crippen LogP contribution in [0.5, 0.6) is 0 Å². The minimum atomic E-state index is -0.0864. The molecular formula is C60H39N3O. The van der Waals surface area contributed by atoms with Crippen molar-refractivity contribution in [3.63, 3.8) is 0 Å². The first kappa shape index (κ1) is 36.4. The zero-order valence-electron chi connectivity index (χ0n) is 35.3. The number of rotatable bonds is 5. The van der Waals surface area contributed by atoms with Crippen molar-refractivity contribution in [2.24, 2.45) is 0 Å². The van der Waals surface area contributed by atoms with E-state index in [-0.39, 0.29) is 5.41 Å². The number of hydrogen-bond donors (Lipinski definition) is 0. The van der Waals surface area contributed by atoms with E-state index < -0.39 is 0 Å². The van der Waals surface area contributed by atoms with Crippen LogP contribution < -0.4 is 0 Å². The molecular weight excluding hydrogens is 779 g/mol. The predicted molar refractivity (Wildman–Crippen MR) is 264 cm³/mol. The highest BCUT2D eigenvalue weighted by molar-refractivity contribution is 6.18. The van der Waals surface area contributed by atoms with Crippen LogP contribution >= 0.6 is 0 Å². The molecule has 64 heavy (non-hydrogen) atoms. The summed E-state index contributed by atoms with van der Waals surface area (Å²) < 4.78 is 6.55. The predicted octanol–water partition coefficient (Wildman–Crippen LogP) is 15.9. The monoisotopic (exact) mass is 817 g/mol. The van der Waals surface area contributed by atoms with Gasteiger partial charge in [0, 0.05) is 32.9 Å². The Balaban J connectivity index is 0.930. The van der Waals surface area contributed by atoms with E-state index in [2.05, 4.69) is 196 Å². The van der Waals surface area contributed by atoms with Crippen LogP contribution in [0.25, 0.3) is 122 Å². The maximum Gasteiger partial charge on any atom is 0.164 e. The average molecular weight is 818 g/mol. The number of furan rings is 1. The van der Waals surface area contributed by atoms with Crippen LogP contribution in [0.15, 0.2) is 205 Å². The van der Waals surface area contributed by atoms with E-state index >= 15 is 0 Å². The normalized spacial score (nSPS) is 13.0. The van der Waals surface area contributed by atoms with Gasteiger partial charge in [-0.2, -0.15) is 0 Å². The molecule has 0 atom stereocenters. The minimum absolute atomic E-state index is 0.0864. The van der Waals surface area contributed by atoms with Crippen molar-refractivity contribution in [1.82, 2.24) is 15.0 Å². The van der Waals surface area contributed by atoms with Crippen LogP contribution in [-0.2, 0) is 5.41 Å². The highest BCUT2D eigenvalue weighted by Gasteiger charge is 2.35. The third-order valence-corrected chi connectivity index (χ3v) is 13.5. The zero-order chi connectivity index (χ0) is 42.5. The maximum absolute atomic E-state index is 6.55. The molecule has 0 N–H and O–H groups in total. The van der Waals surface area contributed by atoms with Crippen molar-refractivity contribution >= 4 is 54.3 Å². The van der Waals surface area contributed by atoms with E-state index in [0.29, 0.717) is 17.5 Å². The Morgan fingerprint density at radius 3 is 1.75 bits per heavy atom. The molecule has 300 valence electrons. The largest absolute Gasteiger partial charge is 0.456 e.